The van der Waals surface area contributed by atoms with Crippen LogP contribution in [0.4, 0.5) is 0 Å². The summed E-state index contributed by atoms with van der Waals surface area (Å²) in [5.74, 6) is -0.289. The Morgan fingerprint density at radius 2 is 2.33 bits per heavy atom. The van der Waals surface area contributed by atoms with Crippen LogP contribution in [-0.4, -0.2) is 18.8 Å². The van der Waals surface area contributed by atoms with Crippen molar-refractivity contribution >= 4 is 17.7 Å². The van der Waals surface area contributed by atoms with Crippen LogP contribution in [0.3, 0.4) is 0 Å². The van der Waals surface area contributed by atoms with Crippen LogP contribution in [-0.2, 0) is 4.74 Å². The van der Waals surface area contributed by atoms with Crippen molar-refractivity contribution in [1.29, 1.82) is 0 Å². The topological polar surface area (TPSA) is 26.3 Å². The molecule has 0 saturated carbocycles. The zero-order valence-electron chi connectivity index (χ0n) is 8.95. The number of hydrogen-bond acceptors (Lipinski definition) is 3. The van der Waals surface area contributed by atoms with Gasteiger partial charge in [-0.1, -0.05) is 18.7 Å². The maximum Gasteiger partial charge on any atom is 0.338 e. The molecule has 0 aliphatic carbocycles. The normalized spacial score (nSPS) is 9.73. The maximum atomic E-state index is 11.6. The average molecular weight is 222 g/mol. The summed E-state index contributed by atoms with van der Waals surface area (Å²) in [7, 11) is 0. The second-order valence-corrected chi connectivity index (χ2v) is 3.95. The fraction of sp³-hybridized carbons (Fsp3) is 0.250. The van der Waals surface area contributed by atoms with E-state index in [4.69, 9.17) is 4.74 Å². The van der Waals surface area contributed by atoms with Crippen molar-refractivity contribution in [2.24, 2.45) is 0 Å². The van der Waals surface area contributed by atoms with Crippen molar-refractivity contribution in [1.82, 2.24) is 0 Å². The van der Waals surface area contributed by atoms with E-state index >= 15 is 0 Å². The van der Waals surface area contributed by atoms with Crippen molar-refractivity contribution < 1.29 is 9.53 Å². The van der Waals surface area contributed by atoms with Gasteiger partial charge in [0.05, 0.1) is 5.56 Å². The average Bonchev–Trinajstić information content (AvgIpc) is 2.26. The van der Waals surface area contributed by atoms with E-state index in [0.29, 0.717) is 5.56 Å². The summed E-state index contributed by atoms with van der Waals surface area (Å²) in [5.41, 5.74) is 1.56. The van der Waals surface area contributed by atoms with Gasteiger partial charge in [0.25, 0.3) is 0 Å². The van der Waals surface area contributed by atoms with Crippen molar-refractivity contribution in [2.45, 2.75) is 11.8 Å². The molecule has 0 aliphatic rings. The highest BCUT2D eigenvalue weighted by atomic mass is 32.2. The van der Waals surface area contributed by atoms with E-state index in [9.17, 15) is 4.79 Å². The van der Waals surface area contributed by atoms with Gasteiger partial charge in [0, 0.05) is 4.90 Å². The summed E-state index contributed by atoms with van der Waals surface area (Å²) in [5, 5.41) is 0. The van der Waals surface area contributed by atoms with E-state index in [-0.39, 0.29) is 12.6 Å². The number of carbonyl (C=O) groups excluding carboxylic acids is 1. The van der Waals surface area contributed by atoms with Crippen LogP contribution in [0, 0.1) is 6.92 Å². The molecule has 0 heterocycles. The number of thioether (sulfide) groups is 1. The van der Waals surface area contributed by atoms with Crippen molar-refractivity contribution in [3.05, 3.63) is 42.0 Å². The number of ether oxygens (including phenoxy) is 1. The Labute approximate surface area is 94.3 Å². The van der Waals surface area contributed by atoms with E-state index in [1.54, 1.807) is 17.8 Å². The first kappa shape index (κ1) is 11.9. The highest BCUT2D eigenvalue weighted by molar-refractivity contribution is 7.98. The Kier molecular flexibility index (Phi) is 4.43. The molecular formula is C12H14O2S. The molecule has 1 aromatic rings. The molecule has 0 amide bonds. The summed E-state index contributed by atoms with van der Waals surface area (Å²) in [4.78, 5) is 12.7. The maximum absolute atomic E-state index is 11.6. The molecule has 0 radical (unpaired) electrons. The highest BCUT2D eigenvalue weighted by Crippen LogP contribution is 2.19. The van der Waals surface area contributed by atoms with Crippen LogP contribution < -0.4 is 0 Å². The lowest BCUT2D eigenvalue weighted by molar-refractivity contribution is 0.0548. The van der Waals surface area contributed by atoms with Gasteiger partial charge < -0.3 is 4.74 Å². The number of benzene rings is 1. The fourth-order valence-electron chi connectivity index (χ4n) is 1.16. The van der Waals surface area contributed by atoms with E-state index in [1.165, 1.54) is 0 Å². The predicted octanol–water partition coefficient (Wildman–Crippen LogP) is 3.06. The third-order valence-corrected chi connectivity index (χ3v) is 2.72. The molecular weight excluding hydrogens is 208 g/mol. The largest absolute Gasteiger partial charge is 0.458 e. The molecule has 0 unspecified atom stereocenters. The standard InChI is InChI=1S/C12H14O2S/c1-4-7-14-12(13)11-8-10(15-3)6-5-9(11)2/h4-6,8H,1,7H2,2-3H3. The quantitative estimate of drug-likeness (QED) is 0.445. The third-order valence-electron chi connectivity index (χ3n) is 2.00. The minimum atomic E-state index is -0.289. The van der Waals surface area contributed by atoms with Crippen molar-refractivity contribution in [2.75, 3.05) is 12.9 Å². The number of esters is 1. The summed E-state index contributed by atoms with van der Waals surface area (Å²) in [6, 6.07) is 5.77. The Bertz CT molecular complexity index is 372. The Balaban J connectivity index is 2.91. The Hall–Kier alpha value is -1.22. The second-order valence-electron chi connectivity index (χ2n) is 3.07. The Morgan fingerprint density at radius 1 is 1.60 bits per heavy atom. The fourth-order valence-corrected chi connectivity index (χ4v) is 1.60. The van der Waals surface area contributed by atoms with Gasteiger partial charge >= 0.3 is 5.97 Å². The highest BCUT2D eigenvalue weighted by Gasteiger charge is 2.10. The molecule has 0 atom stereocenters. The van der Waals surface area contributed by atoms with E-state index < -0.39 is 0 Å². The molecule has 0 aliphatic heterocycles. The summed E-state index contributed by atoms with van der Waals surface area (Å²) in [6.07, 6.45) is 3.54. The molecule has 0 bridgehead atoms. The van der Waals surface area contributed by atoms with Crippen LogP contribution in [0.2, 0.25) is 0 Å². The number of aryl methyl sites for hydroxylation is 1. The molecule has 80 valence electrons. The van der Waals surface area contributed by atoms with Crippen LogP contribution in [0.1, 0.15) is 15.9 Å². The molecule has 3 heteroatoms. The van der Waals surface area contributed by atoms with Gasteiger partial charge in [-0.2, -0.15) is 0 Å². The van der Waals surface area contributed by atoms with E-state index in [2.05, 4.69) is 6.58 Å². The third kappa shape index (κ3) is 3.13. The molecule has 0 N–H and O–H groups in total. The van der Waals surface area contributed by atoms with Gasteiger partial charge in [0.15, 0.2) is 0 Å². The van der Waals surface area contributed by atoms with Gasteiger partial charge in [-0.25, -0.2) is 4.79 Å². The molecule has 15 heavy (non-hydrogen) atoms. The minimum Gasteiger partial charge on any atom is -0.458 e. The van der Waals surface area contributed by atoms with E-state index in [1.807, 2.05) is 31.4 Å². The smallest absolute Gasteiger partial charge is 0.338 e. The van der Waals surface area contributed by atoms with Crippen molar-refractivity contribution in [3.8, 4) is 0 Å². The predicted molar refractivity (Wildman–Crippen MR) is 63.4 cm³/mol. The summed E-state index contributed by atoms with van der Waals surface area (Å²) in [6.45, 7) is 5.65. The molecule has 1 rings (SSSR count). The van der Waals surface area contributed by atoms with Crippen LogP contribution in [0.25, 0.3) is 0 Å². The summed E-state index contributed by atoms with van der Waals surface area (Å²) >= 11 is 1.60. The first-order valence-electron chi connectivity index (χ1n) is 4.61. The lowest BCUT2D eigenvalue weighted by Gasteiger charge is -2.06. The molecule has 0 aromatic heterocycles. The second kappa shape index (κ2) is 5.61. The molecule has 0 fully saturated rings. The van der Waals surface area contributed by atoms with Crippen molar-refractivity contribution in [3.63, 3.8) is 0 Å². The zero-order valence-corrected chi connectivity index (χ0v) is 9.76. The minimum absolute atomic E-state index is 0.252. The summed E-state index contributed by atoms with van der Waals surface area (Å²) < 4.78 is 4.99. The van der Waals surface area contributed by atoms with Crippen LogP contribution in [0.5, 0.6) is 0 Å². The lowest BCUT2D eigenvalue weighted by atomic mass is 10.1. The first-order chi connectivity index (χ1) is 7.19. The molecule has 1 aromatic carbocycles. The van der Waals surface area contributed by atoms with Gasteiger partial charge in [-0.3, -0.25) is 0 Å². The number of hydrogen-bond donors (Lipinski definition) is 0. The first-order valence-corrected chi connectivity index (χ1v) is 5.84. The van der Waals surface area contributed by atoms with Gasteiger partial charge in [-0.05, 0) is 30.9 Å². The Morgan fingerprint density at radius 3 is 2.93 bits per heavy atom. The lowest BCUT2D eigenvalue weighted by Crippen LogP contribution is -2.07. The molecule has 0 spiro atoms. The molecule has 2 nitrogen and oxygen atoms in total. The van der Waals surface area contributed by atoms with Gasteiger partial charge in [0.2, 0.25) is 0 Å². The van der Waals surface area contributed by atoms with Gasteiger partial charge in [-0.15, -0.1) is 11.8 Å². The SMILES string of the molecule is C=CCOC(=O)c1cc(SC)ccc1C. The van der Waals surface area contributed by atoms with Gasteiger partial charge in [0.1, 0.15) is 6.61 Å². The monoisotopic (exact) mass is 222 g/mol. The zero-order chi connectivity index (χ0) is 11.3. The van der Waals surface area contributed by atoms with Crippen LogP contribution in [0.15, 0.2) is 35.7 Å². The number of carbonyl (C=O) groups is 1. The number of rotatable bonds is 4. The van der Waals surface area contributed by atoms with E-state index in [0.717, 1.165) is 10.5 Å². The van der Waals surface area contributed by atoms with Crippen LogP contribution >= 0.6 is 11.8 Å². The molecule has 0 saturated heterocycles.